The molecule has 1 aliphatic rings. The van der Waals surface area contributed by atoms with Crippen molar-refractivity contribution in [3.63, 3.8) is 0 Å². The Hall–Kier alpha value is -3.58. The molecule has 3 heterocycles. The minimum atomic E-state index is -0.758. The summed E-state index contributed by atoms with van der Waals surface area (Å²) < 4.78 is 16.4. The zero-order chi connectivity index (χ0) is 21.0. The van der Waals surface area contributed by atoms with Gasteiger partial charge < -0.3 is 13.7 Å². The fraction of sp³-hybridized carbons (Fsp3) is 0.136. The third-order valence-corrected chi connectivity index (χ3v) is 5.34. The molecule has 1 aliphatic heterocycles. The molecule has 4 aromatic rings. The summed E-state index contributed by atoms with van der Waals surface area (Å²) in [6.07, 6.45) is 0. The molecule has 5 rings (SSSR count). The van der Waals surface area contributed by atoms with Gasteiger partial charge in [0.25, 0.3) is 5.91 Å². The highest BCUT2D eigenvalue weighted by Gasteiger charge is 2.45. The Morgan fingerprint density at radius 2 is 1.97 bits per heavy atom. The Morgan fingerprint density at radius 1 is 1.13 bits per heavy atom. The molecule has 0 bridgehead atoms. The molecule has 1 atom stereocenters. The number of methoxy groups -OCH3 is 1. The third kappa shape index (κ3) is 2.70. The first kappa shape index (κ1) is 18.4. The topological polar surface area (TPSA) is 85.8 Å². The molecule has 1 amide bonds. The van der Waals surface area contributed by atoms with Crippen LogP contribution in [0.1, 0.15) is 33.5 Å². The first-order valence-electron chi connectivity index (χ1n) is 9.15. The van der Waals surface area contributed by atoms with Crippen molar-refractivity contribution in [2.24, 2.45) is 0 Å². The average Bonchev–Trinajstić information content (AvgIpc) is 3.30. The molecule has 0 N–H and O–H groups in total. The normalized spacial score (nSPS) is 15.6. The highest BCUT2D eigenvalue weighted by atomic mass is 35.5. The van der Waals surface area contributed by atoms with Gasteiger partial charge in [0.2, 0.25) is 5.76 Å². The lowest BCUT2D eigenvalue weighted by molar-refractivity contribution is 0.0969. The summed E-state index contributed by atoms with van der Waals surface area (Å²) in [5, 5.41) is 4.71. The maximum absolute atomic E-state index is 13.5. The van der Waals surface area contributed by atoms with E-state index >= 15 is 0 Å². The Labute approximate surface area is 175 Å². The van der Waals surface area contributed by atoms with Crippen molar-refractivity contribution in [2.45, 2.75) is 13.0 Å². The van der Waals surface area contributed by atoms with E-state index in [2.05, 4.69) is 5.16 Å². The van der Waals surface area contributed by atoms with Gasteiger partial charge in [-0.1, -0.05) is 28.9 Å². The first-order chi connectivity index (χ1) is 14.5. The van der Waals surface area contributed by atoms with Crippen molar-refractivity contribution in [3.05, 3.63) is 86.4 Å². The Kier molecular flexibility index (Phi) is 4.15. The van der Waals surface area contributed by atoms with Crippen molar-refractivity contribution < 1.29 is 18.5 Å². The minimum Gasteiger partial charge on any atom is -0.497 e. The van der Waals surface area contributed by atoms with Crippen LogP contribution in [0.4, 0.5) is 5.82 Å². The third-order valence-electron chi connectivity index (χ3n) is 5.10. The second-order valence-corrected chi connectivity index (χ2v) is 7.40. The van der Waals surface area contributed by atoms with E-state index in [1.165, 1.54) is 4.90 Å². The van der Waals surface area contributed by atoms with Crippen molar-refractivity contribution >= 4 is 34.3 Å². The second-order valence-electron chi connectivity index (χ2n) is 6.96. The standard InChI is InChI=1S/C22H15ClN2O5/c1-11-8-17(24-30-11)25-19(12-4-3-5-14(9-12)28-2)18-20(26)15-10-13(23)6-7-16(15)29-21(18)22(25)27/h3-10,19H,1-2H3. The maximum atomic E-state index is 13.5. The second kappa shape index (κ2) is 6.74. The molecule has 2 aromatic carbocycles. The number of carbonyl (C=O) groups is 1. The minimum absolute atomic E-state index is 0.0247. The van der Waals surface area contributed by atoms with E-state index in [-0.39, 0.29) is 16.8 Å². The van der Waals surface area contributed by atoms with Gasteiger partial charge in [-0.05, 0) is 42.8 Å². The van der Waals surface area contributed by atoms with Crippen LogP contribution in [0.25, 0.3) is 11.0 Å². The van der Waals surface area contributed by atoms with Gasteiger partial charge in [-0.3, -0.25) is 14.5 Å². The van der Waals surface area contributed by atoms with Crippen LogP contribution in [-0.2, 0) is 0 Å². The summed E-state index contributed by atoms with van der Waals surface area (Å²) in [6.45, 7) is 1.73. The number of hydrogen-bond acceptors (Lipinski definition) is 6. The Bertz CT molecular complexity index is 1370. The number of rotatable bonds is 3. The summed E-state index contributed by atoms with van der Waals surface area (Å²) in [5.74, 6) is 0.925. The lowest BCUT2D eigenvalue weighted by Crippen LogP contribution is -2.29. The van der Waals surface area contributed by atoms with E-state index in [4.69, 9.17) is 25.3 Å². The maximum Gasteiger partial charge on any atom is 0.296 e. The van der Waals surface area contributed by atoms with E-state index in [9.17, 15) is 9.59 Å². The zero-order valence-electron chi connectivity index (χ0n) is 16.0. The fourth-order valence-electron chi connectivity index (χ4n) is 3.78. The van der Waals surface area contributed by atoms with Gasteiger partial charge in [0.15, 0.2) is 11.2 Å². The van der Waals surface area contributed by atoms with Gasteiger partial charge in [0, 0.05) is 11.1 Å². The van der Waals surface area contributed by atoms with E-state index in [0.29, 0.717) is 38.9 Å². The van der Waals surface area contributed by atoms with Crippen LogP contribution >= 0.6 is 11.6 Å². The largest absolute Gasteiger partial charge is 0.497 e. The lowest BCUT2D eigenvalue weighted by atomic mass is 9.98. The van der Waals surface area contributed by atoms with Crippen LogP contribution in [0.15, 0.2) is 62.3 Å². The number of benzene rings is 2. The van der Waals surface area contributed by atoms with Crippen molar-refractivity contribution in [1.29, 1.82) is 0 Å². The van der Waals surface area contributed by atoms with Gasteiger partial charge in [-0.2, -0.15) is 0 Å². The van der Waals surface area contributed by atoms with Crippen LogP contribution in [0.3, 0.4) is 0 Å². The summed E-state index contributed by atoms with van der Waals surface area (Å²) in [7, 11) is 1.55. The van der Waals surface area contributed by atoms with E-state index in [0.717, 1.165) is 0 Å². The van der Waals surface area contributed by atoms with Crippen LogP contribution in [-0.4, -0.2) is 18.2 Å². The molecular weight excluding hydrogens is 408 g/mol. The van der Waals surface area contributed by atoms with Crippen molar-refractivity contribution in [3.8, 4) is 5.75 Å². The zero-order valence-corrected chi connectivity index (χ0v) is 16.8. The highest BCUT2D eigenvalue weighted by molar-refractivity contribution is 6.31. The summed E-state index contributed by atoms with van der Waals surface area (Å²) in [4.78, 5) is 28.2. The molecule has 30 heavy (non-hydrogen) atoms. The van der Waals surface area contributed by atoms with Gasteiger partial charge >= 0.3 is 0 Å². The number of hydrogen-bond donors (Lipinski definition) is 0. The number of halogens is 1. The molecule has 8 heteroatoms. The molecule has 150 valence electrons. The lowest BCUT2D eigenvalue weighted by Gasteiger charge is -2.22. The number of aryl methyl sites for hydroxylation is 1. The molecule has 0 aliphatic carbocycles. The van der Waals surface area contributed by atoms with Crippen molar-refractivity contribution in [1.82, 2.24) is 5.16 Å². The molecule has 0 saturated carbocycles. The Balaban J connectivity index is 1.83. The molecule has 2 aromatic heterocycles. The molecule has 0 radical (unpaired) electrons. The quantitative estimate of drug-likeness (QED) is 0.483. The smallest absolute Gasteiger partial charge is 0.296 e. The molecule has 7 nitrogen and oxygen atoms in total. The summed E-state index contributed by atoms with van der Waals surface area (Å²) in [5.41, 5.74) is 0.871. The molecule has 0 saturated heterocycles. The van der Waals surface area contributed by atoms with Crippen molar-refractivity contribution in [2.75, 3.05) is 12.0 Å². The Morgan fingerprint density at radius 3 is 2.70 bits per heavy atom. The van der Waals surface area contributed by atoms with Crippen LogP contribution in [0, 0.1) is 6.92 Å². The number of ether oxygens (including phenoxy) is 1. The highest BCUT2D eigenvalue weighted by Crippen LogP contribution is 2.41. The average molecular weight is 423 g/mol. The monoisotopic (exact) mass is 422 g/mol. The van der Waals surface area contributed by atoms with Gasteiger partial charge in [0.05, 0.1) is 24.1 Å². The number of carbonyl (C=O) groups excluding carboxylic acids is 1. The van der Waals surface area contributed by atoms with Crippen LogP contribution in [0.5, 0.6) is 5.75 Å². The summed E-state index contributed by atoms with van der Waals surface area (Å²) in [6, 6.07) is 12.8. The molecule has 0 spiro atoms. The number of fused-ring (bicyclic) bond motifs is 2. The van der Waals surface area contributed by atoms with E-state index in [1.54, 1.807) is 56.5 Å². The number of aromatic nitrogens is 1. The molecular formula is C22H15ClN2O5. The molecule has 0 fully saturated rings. The summed E-state index contributed by atoms with van der Waals surface area (Å²) >= 11 is 6.09. The van der Waals surface area contributed by atoms with Crippen LogP contribution in [0.2, 0.25) is 5.02 Å². The number of nitrogens with zero attached hydrogens (tertiary/aromatic N) is 2. The van der Waals surface area contributed by atoms with E-state index < -0.39 is 11.9 Å². The van der Waals surface area contributed by atoms with Crippen LogP contribution < -0.4 is 15.1 Å². The van der Waals surface area contributed by atoms with Gasteiger partial charge in [0.1, 0.15) is 17.1 Å². The SMILES string of the molecule is COc1cccc(C2c3c(oc4ccc(Cl)cc4c3=O)C(=O)N2c2cc(C)on2)c1. The predicted octanol–water partition coefficient (Wildman–Crippen LogP) is 4.50. The number of amides is 1. The fourth-order valence-corrected chi connectivity index (χ4v) is 3.95. The first-order valence-corrected chi connectivity index (χ1v) is 9.53. The van der Waals surface area contributed by atoms with Gasteiger partial charge in [-0.25, -0.2) is 0 Å². The number of anilines is 1. The predicted molar refractivity (Wildman–Crippen MR) is 110 cm³/mol. The van der Waals surface area contributed by atoms with E-state index in [1.807, 2.05) is 6.07 Å². The van der Waals surface area contributed by atoms with Gasteiger partial charge in [-0.15, -0.1) is 0 Å². The molecule has 1 unspecified atom stereocenters.